The fourth-order valence-corrected chi connectivity index (χ4v) is 2.72. The molecule has 0 radical (unpaired) electrons. The van der Waals surface area contributed by atoms with Crippen molar-refractivity contribution in [2.45, 2.75) is 13.0 Å². The number of nitrogens with one attached hydrogen (secondary N) is 1. The van der Waals surface area contributed by atoms with E-state index in [0.717, 1.165) is 5.56 Å². The molecule has 1 aromatic heterocycles. The van der Waals surface area contributed by atoms with Gasteiger partial charge in [-0.15, -0.1) is 0 Å². The largest absolute Gasteiger partial charge is 0.442 e. The van der Waals surface area contributed by atoms with Crippen molar-refractivity contribution in [1.82, 2.24) is 9.88 Å². The average Bonchev–Trinajstić information content (AvgIpc) is 3.24. The van der Waals surface area contributed by atoms with E-state index in [0.29, 0.717) is 11.4 Å². The van der Waals surface area contributed by atoms with Crippen LogP contribution in [0.3, 0.4) is 0 Å². The molecule has 3 rings (SSSR count). The number of aromatic nitrogens is 1. The Labute approximate surface area is 155 Å². The Kier molecular flexibility index (Phi) is 5.39. The number of nitrogens with zero attached hydrogens (tertiary/aromatic N) is 3. The summed E-state index contributed by atoms with van der Waals surface area (Å²) in [5.41, 5.74) is 1.47. The first-order valence-corrected chi connectivity index (χ1v) is 8.25. The molecule has 1 N–H and O–H groups in total. The molecular formula is C18H19FN4O4. The number of oxime groups is 1. The molecule has 0 unspecified atom stereocenters. The summed E-state index contributed by atoms with van der Waals surface area (Å²) in [6.45, 7) is 1.84. The molecule has 27 heavy (non-hydrogen) atoms. The lowest BCUT2D eigenvalue weighted by atomic mass is 10.2. The molecule has 142 valence electrons. The molecule has 2 aromatic rings. The second kappa shape index (κ2) is 7.90. The topological polar surface area (TPSA) is 85.2 Å². The number of amides is 2. The Hall–Kier alpha value is -3.36. The number of benzene rings is 1. The molecule has 2 heterocycles. The minimum Gasteiger partial charge on any atom is -0.442 e. The molecule has 0 bridgehead atoms. The molecule has 1 fully saturated rings. The van der Waals surface area contributed by atoms with Crippen LogP contribution in [0, 0.1) is 5.82 Å². The molecule has 2 amide bonds. The first kappa shape index (κ1) is 18.4. The number of ether oxygens (including phenoxy) is 1. The summed E-state index contributed by atoms with van der Waals surface area (Å²) < 4.78 is 21.4. The van der Waals surface area contributed by atoms with Gasteiger partial charge in [0.25, 0.3) is 0 Å². The lowest BCUT2D eigenvalue weighted by molar-refractivity contribution is -0.119. The first-order valence-electron chi connectivity index (χ1n) is 8.25. The van der Waals surface area contributed by atoms with Gasteiger partial charge in [-0.2, -0.15) is 0 Å². The number of halogens is 1. The summed E-state index contributed by atoms with van der Waals surface area (Å²) in [5, 5.41) is 6.26. The predicted molar refractivity (Wildman–Crippen MR) is 96.6 cm³/mol. The van der Waals surface area contributed by atoms with E-state index in [-0.39, 0.29) is 19.0 Å². The highest BCUT2D eigenvalue weighted by atomic mass is 19.1. The van der Waals surface area contributed by atoms with Crippen LogP contribution in [0.25, 0.3) is 5.69 Å². The Bertz CT molecular complexity index is 880. The third kappa shape index (κ3) is 4.25. The van der Waals surface area contributed by atoms with Crippen molar-refractivity contribution < 1.29 is 23.6 Å². The molecule has 1 atom stereocenters. The van der Waals surface area contributed by atoms with Crippen molar-refractivity contribution in [1.29, 1.82) is 0 Å². The van der Waals surface area contributed by atoms with Gasteiger partial charge in [-0.3, -0.25) is 9.69 Å². The van der Waals surface area contributed by atoms with Gasteiger partial charge in [0.1, 0.15) is 19.0 Å². The van der Waals surface area contributed by atoms with Gasteiger partial charge < -0.3 is 19.5 Å². The summed E-state index contributed by atoms with van der Waals surface area (Å²) in [4.78, 5) is 29.0. The highest BCUT2D eigenvalue weighted by Gasteiger charge is 2.32. The number of anilines is 1. The lowest BCUT2D eigenvalue weighted by Gasteiger charge is -2.14. The summed E-state index contributed by atoms with van der Waals surface area (Å²) in [5.74, 6) is -0.696. The smallest absolute Gasteiger partial charge is 0.414 e. The van der Waals surface area contributed by atoms with Crippen LogP contribution in [0.5, 0.6) is 0 Å². The predicted octanol–water partition coefficient (Wildman–Crippen LogP) is 2.06. The standard InChI is InChI=1S/C18H19FN4O4/c1-12(24)20-9-15-11-23(18(25)27-15)14-3-4-17(16(19)7-14)22-6-5-13(10-22)8-21-26-2/h3-8,10,15H,9,11H2,1-2H3,(H,20,24)/t15-/m0/s1. The summed E-state index contributed by atoms with van der Waals surface area (Å²) in [6, 6.07) is 6.26. The zero-order valence-electron chi connectivity index (χ0n) is 14.9. The van der Waals surface area contributed by atoms with Crippen LogP contribution >= 0.6 is 0 Å². The molecule has 9 heteroatoms. The number of cyclic esters (lactones) is 1. The molecule has 0 aliphatic carbocycles. The van der Waals surface area contributed by atoms with Crippen LogP contribution in [0.15, 0.2) is 41.8 Å². The van der Waals surface area contributed by atoms with E-state index >= 15 is 0 Å². The lowest BCUT2D eigenvalue weighted by Crippen LogP contribution is -2.33. The van der Waals surface area contributed by atoms with Gasteiger partial charge in [-0.05, 0) is 24.3 Å². The molecule has 1 aliphatic rings. The molecule has 1 aliphatic heterocycles. The van der Waals surface area contributed by atoms with Crippen molar-refractivity contribution in [3.05, 3.63) is 48.0 Å². The second-order valence-electron chi connectivity index (χ2n) is 5.96. The van der Waals surface area contributed by atoms with Crippen LogP contribution in [0.2, 0.25) is 0 Å². The Morgan fingerprint density at radius 1 is 1.48 bits per heavy atom. The van der Waals surface area contributed by atoms with Crippen molar-refractivity contribution in [2.24, 2.45) is 5.16 Å². The molecule has 8 nitrogen and oxygen atoms in total. The molecule has 0 spiro atoms. The minimum atomic E-state index is -0.573. The molecule has 1 saturated heterocycles. The van der Waals surface area contributed by atoms with Gasteiger partial charge >= 0.3 is 6.09 Å². The molecular weight excluding hydrogens is 355 g/mol. The van der Waals surface area contributed by atoms with E-state index in [2.05, 4.69) is 15.3 Å². The molecule has 1 aromatic carbocycles. The zero-order chi connectivity index (χ0) is 19.4. The Balaban J connectivity index is 1.75. The maximum atomic E-state index is 14.6. The molecule has 0 saturated carbocycles. The van der Waals surface area contributed by atoms with E-state index in [4.69, 9.17) is 4.74 Å². The third-order valence-electron chi connectivity index (χ3n) is 4.00. The van der Waals surface area contributed by atoms with E-state index in [1.54, 1.807) is 35.2 Å². The highest BCUT2D eigenvalue weighted by molar-refractivity contribution is 5.90. The number of carbonyl (C=O) groups excluding carboxylic acids is 2. The maximum Gasteiger partial charge on any atom is 0.414 e. The van der Waals surface area contributed by atoms with Crippen molar-refractivity contribution in [2.75, 3.05) is 25.1 Å². The average molecular weight is 374 g/mol. The van der Waals surface area contributed by atoms with Gasteiger partial charge in [0.15, 0.2) is 0 Å². The van der Waals surface area contributed by atoms with Crippen LogP contribution in [0.4, 0.5) is 14.9 Å². The normalized spacial score (nSPS) is 16.6. The Morgan fingerprint density at radius 2 is 2.30 bits per heavy atom. The number of carbonyl (C=O) groups is 2. The third-order valence-corrected chi connectivity index (χ3v) is 4.00. The Morgan fingerprint density at radius 3 is 3.00 bits per heavy atom. The number of hydrogen-bond acceptors (Lipinski definition) is 5. The highest BCUT2D eigenvalue weighted by Crippen LogP contribution is 2.25. The van der Waals surface area contributed by atoms with Crippen LogP contribution in [-0.4, -0.2) is 49.1 Å². The van der Waals surface area contributed by atoms with Gasteiger partial charge in [-0.25, -0.2) is 9.18 Å². The van der Waals surface area contributed by atoms with E-state index in [9.17, 15) is 14.0 Å². The minimum absolute atomic E-state index is 0.207. The number of rotatable bonds is 6. The summed E-state index contributed by atoms with van der Waals surface area (Å²) >= 11 is 0. The zero-order valence-corrected chi connectivity index (χ0v) is 14.9. The summed E-state index contributed by atoms with van der Waals surface area (Å²) in [6.07, 6.45) is 3.86. The van der Waals surface area contributed by atoms with Gasteiger partial charge in [0.2, 0.25) is 5.91 Å². The maximum absolute atomic E-state index is 14.6. The SMILES string of the molecule is CON=Cc1ccn(-c2ccc(N3C[C@H](CNC(C)=O)OC3=O)cc2F)c1. The van der Waals surface area contributed by atoms with Gasteiger partial charge in [0.05, 0.1) is 30.7 Å². The van der Waals surface area contributed by atoms with E-state index in [1.807, 2.05) is 0 Å². The van der Waals surface area contributed by atoms with E-state index in [1.165, 1.54) is 31.2 Å². The number of hydrogen-bond donors (Lipinski definition) is 1. The summed E-state index contributed by atoms with van der Waals surface area (Å²) in [7, 11) is 1.44. The fraction of sp³-hybridized carbons (Fsp3) is 0.278. The van der Waals surface area contributed by atoms with Crippen LogP contribution in [-0.2, 0) is 14.4 Å². The second-order valence-corrected chi connectivity index (χ2v) is 5.96. The van der Waals surface area contributed by atoms with Crippen molar-refractivity contribution in [3.8, 4) is 5.69 Å². The van der Waals surface area contributed by atoms with Gasteiger partial charge in [-0.1, -0.05) is 5.16 Å². The van der Waals surface area contributed by atoms with Crippen LogP contribution in [0.1, 0.15) is 12.5 Å². The monoisotopic (exact) mass is 374 g/mol. The van der Waals surface area contributed by atoms with Gasteiger partial charge in [0, 0.05) is 24.9 Å². The van der Waals surface area contributed by atoms with Crippen molar-refractivity contribution in [3.63, 3.8) is 0 Å². The van der Waals surface area contributed by atoms with E-state index < -0.39 is 18.0 Å². The fourth-order valence-electron chi connectivity index (χ4n) is 2.72. The van der Waals surface area contributed by atoms with Crippen LogP contribution < -0.4 is 10.2 Å². The van der Waals surface area contributed by atoms with Crippen molar-refractivity contribution >= 4 is 23.9 Å². The quantitative estimate of drug-likeness (QED) is 0.620. The first-order chi connectivity index (χ1) is 13.0.